The van der Waals surface area contributed by atoms with Crippen molar-refractivity contribution in [1.29, 1.82) is 0 Å². The summed E-state index contributed by atoms with van der Waals surface area (Å²) >= 11 is 0. The van der Waals surface area contributed by atoms with E-state index in [1.165, 1.54) is 0 Å². The minimum atomic E-state index is -0.320. The number of rotatable bonds is 3. The molecule has 0 saturated heterocycles. The van der Waals surface area contributed by atoms with E-state index in [4.69, 9.17) is 0 Å². The Morgan fingerprint density at radius 1 is 1.56 bits per heavy atom. The van der Waals surface area contributed by atoms with E-state index >= 15 is 0 Å². The quantitative estimate of drug-likeness (QED) is 0.623. The van der Waals surface area contributed by atoms with Gasteiger partial charge in [-0.1, -0.05) is 6.92 Å². The van der Waals surface area contributed by atoms with Gasteiger partial charge in [0.1, 0.15) is 0 Å². The summed E-state index contributed by atoms with van der Waals surface area (Å²) in [5.74, 6) is 0. The third-order valence-electron chi connectivity index (χ3n) is 0.795. The van der Waals surface area contributed by atoms with E-state index in [2.05, 4.69) is 10.1 Å². The van der Waals surface area contributed by atoms with Gasteiger partial charge in [-0.3, -0.25) is 0 Å². The smallest absolute Gasteiger partial charge is 0.407 e. The highest BCUT2D eigenvalue weighted by atomic mass is 16.5. The first-order valence-electron chi connectivity index (χ1n) is 3.21. The summed E-state index contributed by atoms with van der Waals surface area (Å²) in [5.41, 5.74) is 0. The summed E-state index contributed by atoms with van der Waals surface area (Å²) in [4.78, 5) is 10.5. The molecule has 0 bridgehead atoms. The molecule has 3 heteroatoms. The van der Waals surface area contributed by atoms with Crippen molar-refractivity contribution >= 4 is 6.09 Å². The van der Waals surface area contributed by atoms with Gasteiger partial charge in [-0.05, 0) is 13.3 Å². The van der Waals surface area contributed by atoms with Gasteiger partial charge in [0.15, 0.2) is 0 Å². The van der Waals surface area contributed by atoms with Crippen LogP contribution in [0.3, 0.4) is 0 Å². The van der Waals surface area contributed by atoms with E-state index in [0.29, 0.717) is 13.2 Å². The maximum absolute atomic E-state index is 10.5. The Hall–Kier alpha value is -0.730. The molecule has 0 fully saturated rings. The molecule has 1 amide bonds. The molecule has 0 aromatic rings. The highest BCUT2D eigenvalue weighted by molar-refractivity contribution is 5.66. The van der Waals surface area contributed by atoms with Crippen LogP contribution >= 0.6 is 0 Å². The van der Waals surface area contributed by atoms with Gasteiger partial charge < -0.3 is 10.1 Å². The normalized spacial score (nSPS) is 8.67. The molecule has 0 spiro atoms. The van der Waals surface area contributed by atoms with Crippen molar-refractivity contribution in [2.75, 3.05) is 13.2 Å². The van der Waals surface area contributed by atoms with E-state index in [-0.39, 0.29) is 6.09 Å². The largest absolute Gasteiger partial charge is 0.450 e. The lowest BCUT2D eigenvalue weighted by Gasteiger charge is -2.01. The third-order valence-corrected chi connectivity index (χ3v) is 0.795. The Kier molecular flexibility index (Phi) is 4.97. The van der Waals surface area contributed by atoms with Crippen LogP contribution in [0.15, 0.2) is 0 Å². The average molecular weight is 131 g/mol. The topological polar surface area (TPSA) is 38.3 Å². The fraction of sp³-hybridized carbons (Fsp3) is 0.833. The van der Waals surface area contributed by atoms with Crippen molar-refractivity contribution in [3.8, 4) is 0 Å². The summed E-state index contributed by atoms with van der Waals surface area (Å²) in [5, 5.41) is 2.57. The predicted octanol–water partition coefficient (Wildman–Crippen LogP) is 1.14. The van der Waals surface area contributed by atoms with Gasteiger partial charge in [0, 0.05) is 6.54 Å². The molecule has 3 nitrogen and oxygen atoms in total. The van der Waals surface area contributed by atoms with Crippen LogP contribution in [-0.4, -0.2) is 19.2 Å². The van der Waals surface area contributed by atoms with E-state index < -0.39 is 0 Å². The summed E-state index contributed by atoms with van der Waals surface area (Å²) in [6.45, 7) is 4.91. The summed E-state index contributed by atoms with van der Waals surface area (Å²) in [7, 11) is 0. The molecule has 54 valence electrons. The molecule has 0 saturated carbocycles. The first-order chi connectivity index (χ1) is 4.31. The maximum atomic E-state index is 10.5. The third kappa shape index (κ3) is 5.14. The van der Waals surface area contributed by atoms with Gasteiger partial charge in [0.05, 0.1) is 6.61 Å². The minimum Gasteiger partial charge on any atom is -0.450 e. The van der Waals surface area contributed by atoms with Crippen molar-refractivity contribution in [1.82, 2.24) is 5.32 Å². The molecule has 1 N–H and O–H groups in total. The Bertz CT molecular complexity index is 83.1. The Balaban J connectivity index is 3.06. The van der Waals surface area contributed by atoms with Crippen molar-refractivity contribution in [2.45, 2.75) is 20.3 Å². The lowest BCUT2D eigenvalue weighted by atomic mass is 10.5. The zero-order valence-electron chi connectivity index (χ0n) is 5.94. The summed E-state index contributed by atoms with van der Waals surface area (Å²) in [6, 6.07) is 0. The second-order valence-electron chi connectivity index (χ2n) is 1.65. The molecule has 0 heterocycles. The molecule has 0 unspecified atom stereocenters. The van der Waals surface area contributed by atoms with Crippen LogP contribution in [-0.2, 0) is 4.74 Å². The fourth-order valence-electron chi connectivity index (χ4n) is 0.409. The van der Waals surface area contributed by atoms with Gasteiger partial charge >= 0.3 is 6.09 Å². The molecule has 0 aliphatic carbocycles. The Labute approximate surface area is 55.4 Å². The first kappa shape index (κ1) is 8.27. The van der Waals surface area contributed by atoms with Crippen LogP contribution in [0.5, 0.6) is 0 Å². The molecule has 0 atom stereocenters. The fourth-order valence-corrected chi connectivity index (χ4v) is 0.409. The molecule has 0 aromatic heterocycles. The van der Waals surface area contributed by atoms with Crippen molar-refractivity contribution < 1.29 is 9.53 Å². The number of ether oxygens (including phenoxy) is 1. The summed E-state index contributed by atoms with van der Waals surface area (Å²) < 4.78 is 4.59. The van der Waals surface area contributed by atoms with Crippen LogP contribution in [0.2, 0.25) is 0 Å². The molecular weight excluding hydrogens is 118 g/mol. The Morgan fingerprint density at radius 2 is 2.22 bits per heavy atom. The van der Waals surface area contributed by atoms with E-state index in [1.54, 1.807) is 6.92 Å². The van der Waals surface area contributed by atoms with Gasteiger partial charge in [0.2, 0.25) is 0 Å². The standard InChI is InChI=1S/C6H13NO2/c1-3-5-7-6(8)9-4-2/h3-5H2,1-2H3,(H,7,8). The van der Waals surface area contributed by atoms with Crippen LogP contribution < -0.4 is 5.32 Å². The number of amides is 1. The van der Waals surface area contributed by atoms with Crippen LogP contribution in [0, 0.1) is 0 Å². The number of alkyl carbamates (subject to hydrolysis) is 1. The van der Waals surface area contributed by atoms with Crippen molar-refractivity contribution in [3.63, 3.8) is 0 Å². The Morgan fingerprint density at radius 3 is 2.67 bits per heavy atom. The highest BCUT2D eigenvalue weighted by Gasteiger charge is 1.94. The second kappa shape index (κ2) is 5.41. The van der Waals surface area contributed by atoms with Crippen LogP contribution in [0.25, 0.3) is 0 Å². The van der Waals surface area contributed by atoms with Crippen molar-refractivity contribution in [2.24, 2.45) is 0 Å². The molecule has 0 aliphatic heterocycles. The minimum absolute atomic E-state index is 0.320. The number of carbonyl (C=O) groups is 1. The van der Waals surface area contributed by atoms with Crippen molar-refractivity contribution in [3.05, 3.63) is 0 Å². The lowest BCUT2D eigenvalue weighted by Crippen LogP contribution is -2.24. The monoisotopic (exact) mass is 131 g/mol. The molecule has 0 aliphatic rings. The first-order valence-corrected chi connectivity index (χ1v) is 3.21. The zero-order valence-corrected chi connectivity index (χ0v) is 5.94. The van der Waals surface area contributed by atoms with Gasteiger partial charge in [0.25, 0.3) is 0 Å². The molecule has 0 aromatic carbocycles. The van der Waals surface area contributed by atoms with Crippen LogP contribution in [0.1, 0.15) is 20.3 Å². The van der Waals surface area contributed by atoms with Gasteiger partial charge in [-0.15, -0.1) is 0 Å². The average Bonchev–Trinajstić information content (AvgIpc) is 1.85. The molecular formula is C6H13NO2. The predicted molar refractivity (Wildman–Crippen MR) is 35.3 cm³/mol. The SMILES string of the molecule is CCCNC(=O)OCC. The molecule has 9 heavy (non-hydrogen) atoms. The molecule has 0 rings (SSSR count). The van der Waals surface area contributed by atoms with Gasteiger partial charge in [-0.25, -0.2) is 4.79 Å². The number of hydrogen-bond acceptors (Lipinski definition) is 2. The van der Waals surface area contributed by atoms with E-state index in [9.17, 15) is 4.79 Å². The number of nitrogens with one attached hydrogen (secondary N) is 1. The van der Waals surface area contributed by atoms with E-state index in [1.807, 2.05) is 6.92 Å². The second-order valence-corrected chi connectivity index (χ2v) is 1.65. The van der Waals surface area contributed by atoms with Gasteiger partial charge in [-0.2, -0.15) is 0 Å². The maximum Gasteiger partial charge on any atom is 0.407 e. The van der Waals surface area contributed by atoms with E-state index in [0.717, 1.165) is 6.42 Å². The highest BCUT2D eigenvalue weighted by Crippen LogP contribution is 1.76. The zero-order chi connectivity index (χ0) is 7.11. The van der Waals surface area contributed by atoms with Crippen LogP contribution in [0.4, 0.5) is 4.79 Å². The lowest BCUT2D eigenvalue weighted by molar-refractivity contribution is 0.152. The molecule has 0 radical (unpaired) electrons. The summed E-state index contributed by atoms with van der Waals surface area (Å²) in [6.07, 6.45) is 0.623. The number of carbonyl (C=O) groups excluding carboxylic acids is 1. The number of hydrogen-bond donors (Lipinski definition) is 1.